The molecule has 0 spiro atoms. The lowest BCUT2D eigenvalue weighted by atomic mass is 10.00. The molecule has 1 N–H and O–H groups in total. The van der Waals surface area contributed by atoms with Crippen molar-refractivity contribution >= 4 is 38.3 Å². The lowest BCUT2D eigenvalue weighted by molar-refractivity contribution is -0.120. The Morgan fingerprint density at radius 1 is 1.29 bits per heavy atom. The van der Waals surface area contributed by atoms with Crippen molar-refractivity contribution in [1.82, 2.24) is 4.98 Å². The minimum Gasteiger partial charge on any atom is -0.494 e. The first-order valence-corrected chi connectivity index (χ1v) is 9.39. The normalized spacial score (nSPS) is 14.2. The van der Waals surface area contributed by atoms with E-state index in [2.05, 4.69) is 15.0 Å². The Labute approximate surface area is 163 Å². The van der Waals surface area contributed by atoms with Gasteiger partial charge in [-0.2, -0.15) is 8.78 Å². The molecule has 6 nitrogen and oxygen atoms in total. The molecule has 0 unspecified atom stereocenters. The molecule has 1 aromatic heterocycles. The molecular weight excluding hydrogens is 388 g/mol. The number of aromatic nitrogens is 1. The monoisotopic (exact) mass is 405 g/mol. The van der Waals surface area contributed by atoms with Gasteiger partial charge in [-0.1, -0.05) is 23.5 Å². The van der Waals surface area contributed by atoms with E-state index in [1.807, 2.05) is 23.1 Å². The molecule has 9 heteroatoms. The van der Waals surface area contributed by atoms with Gasteiger partial charge in [0.25, 0.3) is 0 Å². The molecule has 146 valence electrons. The van der Waals surface area contributed by atoms with Crippen LogP contribution in [-0.4, -0.2) is 37.7 Å². The van der Waals surface area contributed by atoms with Gasteiger partial charge in [-0.15, -0.1) is 0 Å². The van der Waals surface area contributed by atoms with Crippen LogP contribution in [0.15, 0.2) is 42.5 Å². The number of thiazole rings is 1. The second-order valence-electron chi connectivity index (χ2n) is 6.30. The zero-order valence-corrected chi connectivity index (χ0v) is 15.7. The van der Waals surface area contributed by atoms with E-state index in [-0.39, 0.29) is 17.6 Å². The number of hydrogen-bond acceptors (Lipinski definition) is 6. The third kappa shape index (κ3) is 3.70. The Morgan fingerprint density at radius 2 is 2.07 bits per heavy atom. The Balaban J connectivity index is 1.38. The van der Waals surface area contributed by atoms with Crippen molar-refractivity contribution in [1.29, 1.82) is 0 Å². The van der Waals surface area contributed by atoms with Crippen LogP contribution in [0.2, 0.25) is 0 Å². The largest absolute Gasteiger partial charge is 0.494 e. The number of hydrogen-bond donors (Lipinski definition) is 1. The van der Waals surface area contributed by atoms with Gasteiger partial charge in [0, 0.05) is 24.8 Å². The third-order valence-electron chi connectivity index (χ3n) is 4.44. The first-order chi connectivity index (χ1) is 13.5. The smallest absolute Gasteiger partial charge is 0.387 e. The Kier molecular flexibility index (Phi) is 4.99. The number of amides is 1. The van der Waals surface area contributed by atoms with Crippen molar-refractivity contribution in [2.75, 3.05) is 30.4 Å². The summed E-state index contributed by atoms with van der Waals surface area (Å²) in [5.41, 5.74) is 1.24. The number of fused-ring (bicyclic) bond motifs is 1. The van der Waals surface area contributed by atoms with Crippen LogP contribution in [0.5, 0.6) is 11.5 Å². The SMILES string of the molecule is COc1cccc2sc(N3CC(C(=O)Nc4cccc(OC(F)F)c4)C3)nc12. The van der Waals surface area contributed by atoms with Crippen LogP contribution in [0.3, 0.4) is 0 Å². The summed E-state index contributed by atoms with van der Waals surface area (Å²) in [6.07, 6.45) is 0. The second kappa shape index (κ2) is 7.59. The van der Waals surface area contributed by atoms with Gasteiger partial charge < -0.3 is 19.7 Å². The summed E-state index contributed by atoms with van der Waals surface area (Å²) in [5.74, 6) is 0.366. The average molecular weight is 405 g/mol. The van der Waals surface area contributed by atoms with Gasteiger partial charge in [0.1, 0.15) is 17.0 Å². The quantitative estimate of drug-likeness (QED) is 0.672. The fraction of sp³-hybridized carbons (Fsp3) is 0.263. The van der Waals surface area contributed by atoms with Crippen LogP contribution in [0.25, 0.3) is 10.2 Å². The molecule has 1 aliphatic heterocycles. The number of ether oxygens (including phenoxy) is 2. The molecule has 0 saturated carbocycles. The zero-order chi connectivity index (χ0) is 19.7. The van der Waals surface area contributed by atoms with Crippen LogP contribution in [0.1, 0.15) is 0 Å². The maximum absolute atomic E-state index is 12.4. The van der Waals surface area contributed by atoms with Gasteiger partial charge >= 0.3 is 6.61 Å². The number of carbonyl (C=O) groups is 1. The number of methoxy groups -OCH3 is 1. The lowest BCUT2D eigenvalue weighted by Crippen LogP contribution is -2.52. The molecule has 2 aromatic carbocycles. The van der Waals surface area contributed by atoms with E-state index < -0.39 is 6.61 Å². The van der Waals surface area contributed by atoms with E-state index in [0.717, 1.165) is 21.1 Å². The minimum absolute atomic E-state index is 0.00598. The number of carbonyl (C=O) groups excluding carboxylic acids is 1. The highest BCUT2D eigenvalue weighted by molar-refractivity contribution is 7.22. The van der Waals surface area contributed by atoms with Crippen molar-refractivity contribution in [2.45, 2.75) is 6.61 Å². The van der Waals surface area contributed by atoms with E-state index in [4.69, 9.17) is 4.74 Å². The molecular formula is C19H17F2N3O3S. The van der Waals surface area contributed by atoms with Gasteiger partial charge in [0.05, 0.1) is 17.7 Å². The van der Waals surface area contributed by atoms with Crippen LogP contribution in [0.4, 0.5) is 19.6 Å². The summed E-state index contributed by atoms with van der Waals surface area (Å²) >= 11 is 1.55. The molecule has 1 fully saturated rings. The van der Waals surface area contributed by atoms with Crippen LogP contribution in [-0.2, 0) is 4.79 Å². The summed E-state index contributed by atoms with van der Waals surface area (Å²) in [4.78, 5) is 19.1. The van der Waals surface area contributed by atoms with Crippen molar-refractivity contribution in [2.24, 2.45) is 5.92 Å². The molecule has 2 heterocycles. The average Bonchev–Trinajstić information content (AvgIpc) is 3.03. The molecule has 3 aromatic rings. The number of nitrogens with zero attached hydrogens (tertiary/aromatic N) is 2. The maximum Gasteiger partial charge on any atom is 0.387 e. The predicted octanol–water partition coefficient (Wildman–Crippen LogP) is 3.98. The van der Waals surface area contributed by atoms with Crippen molar-refractivity contribution in [3.05, 3.63) is 42.5 Å². The fourth-order valence-electron chi connectivity index (χ4n) is 3.01. The highest BCUT2D eigenvalue weighted by atomic mass is 32.1. The van der Waals surface area contributed by atoms with Crippen molar-refractivity contribution in [3.63, 3.8) is 0 Å². The lowest BCUT2D eigenvalue weighted by Gasteiger charge is -2.37. The van der Waals surface area contributed by atoms with Crippen molar-refractivity contribution < 1.29 is 23.0 Å². The van der Waals surface area contributed by atoms with Crippen LogP contribution in [0, 0.1) is 5.92 Å². The van der Waals surface area contributed by atoms with E-state index in [1.54, 1.807) is 30.6 Å². The van der Waals surface area contributed by atoms with Gasteiger partial charge in [0.15, 0.2) is 5.13 Å². The topological polar surface area (TPSA) is 63.7 Å². The van der Waals surface area contributed by atoms with E-state index >= 15 is 0 Å². The first kappa shape index (κ1) is 18.4. The predicted molar refractivity (Wildman–Crippen MR) is 104 cm³/mol. The summed E-state index contributed by atoms with van der Waals surface area (Å²) in [7, 11) is 1.61. The number of rotatable bonds is 6. The number of benzene rings is 2. The summed E-state index contributed by atoms with van der Waals surface area (Å²) in [6, 6.07) is 11.7. The molecule has 0 atom stereocenters. The van der Waals surface area contributed by atoms with E-state index in [1.165, 1.54) is 12.1 Å². The molecule has 0 bridgehead atoms. The fourth-order valence-corrected chi connectivity index (χ4v) is 4.01. The van der Waals surface area contributed by atoms with Gasteiger partial charge in [0.2, 0.25) is 5.91 Å². The van der Waals surface area contributed by atoms with Crippen LogP contribution < -0.4 is 19.7 Å². The highest BCUT2D eigenvalue weighted by Crippen LogP contribution is 2.36. The molecule has 1 saturated heterocycles. The number of nitrogens with one attached hydrogen (secondary N) is 1. The molecule has 1 amide bonds. The number of anilines is 2. The van der Waals surface area contributed by atoms with E-state index in [9.17, 15) is 13.6 Å². The van der Waals surface area contributed by atoms with E-state index in [0.29, 0.717) is 18.8 Å². The number of alkyl halides is 2. The van der Waals surface area contributed by atoms with Gasteiger partial charge in [-0.05, 0) is 24.3 Å². The Hall–Kier alpha value is -2.94. The Morgan fingerprint density at radius 3 is 2.82 bits per heavy atom. The second-order valence-corrected chi connectivity index (χ2v) is 7.31. The van der Waals surface area contributed by atoms with Crippen LogP contribution >= 0.6 is 11.3 Å². The molecule has 28 heavy (non-hydrogen) atoms. The van der Waals surface area contributed by atoms with Gasteiger partial charge in [-0.25, -0.2) is 4.98 Å². The summed E-state index contributed by atoms with van der Waals surface area (Å²) in [6.45, 7) is -1.82. The molecule has 4 rings (SSSR count). The summed E-state index contributed by atoms with van der Waals surface area (Å²) in [5, 5.41) is 3.59. The minimum atomic E-state index is -2.90. The summed E-state index contributed by atoms with van der Waals surface area (Å²) < 4.78 is 35.3. The molecule has 1 aliphatic rings. The molecule has 0 radical (unpaired) electrons. The Bertz CT molecular complexity index is 1010. The highest BCUT2D eigenvalue weighted by Gasteiger charge is 2.34. The van der Waals surface area contributed by atoms with Gasteiger partial charge in [-0.3, -0.25) is 4.79 Å². The molecule has 0 aliphatic carbocycles. The first-order valence-electron chi connectivity index (χ1n) is 8.57. The maximum atomic E-state index is 12.4. The standard InChI is InChI=1S/C19H17F2N3O3S/c1-26-14-6-3-7-15-16(14)23-19(28-15)24-9-11(10-24)17(25)22-12-4-2-5-13(8-12)27-18(20)21/h2-8,11,18H,9-10H2,1H3,(H,22,25). The number of para-hydroxylation sites is 1. The number of halogens is 2. The third-order valence-corrected chi connectivity index (χ3v) is 5.52. The van der Waals surface area contributed by atoms with Crippen molar-refractivity contribution in [3.8, 4) is 11.5 Å². The zero-order valence-electron chi connectivity index (χ0n) is 14.9.